The van der Waals surface area contributed by atoms with Gasteiger partial charge in [0.15, 0.2) is 0 Å². The Hall–Kier alpha value is -7.16. The van der Waals surface area contributed by atoms with Crippen LogP contribution in [0.2, 0.25) is 0 Å². The molecule has 9 aromatic carbocycles. The largest absolute Gasteiger partial charge is 0.464 e. The molecule has 0 radical (unpaired) electrons. The Balaban J connectivity index is 0.980. The highest BCUT2D eigenvalue weighted by molar-refractivity contribution is 5.90. The first-order chi connectivity index (χ1) is 26.7. The van der Waals surface area contributed by atoms with Crippen molar-refractivity contribution in [3.05, 3.63) is 213 Å². The maximum atomic E-state index is 5.54. The summed E-state index contributed by atoms with van der Waals surface area (Å²) in [7, 11) is 0. The van der Waals surface area contributed by atoms with Crippen LogP contribution >= 0.6 is 0 Å². The summed E-state index contributed by atoms with van der Waals surface area (Å²) >= 11 is 0. The first-order valence-corrected chi connectivity index (χ1v) is 18.4. The van der Waals surface area contributed by atoms with Gasteiger partial charge in [0, 0.05) is 22.4 Å². The number of benzene rings is 9. The van der Waals surface area contributed by atoms with Crippen LogP contribution in [0.4, 0.5) is 17.1 Å². The summed E-state index contributed by atoms with van der Waals surface area (Å²) in [5, 5.41) is 6.12. The zero-order chi connectivity index (χ0) is 35.8. The zero-order valence-corrected chi connectivity index (χ0v) is 29.6. The van der Waals surface area contributed by atoms with E-state index in [-0.39, 0.29) is 0 Å². The van der Waals surface area contributed by atoms with Crippen molar-refractivity contribution in [2.24, 2.45) is 0 Å². The fourth-order valence-corrected chi connectivity index (χ4v) is 7.60. The molecule has 0 saturated heterocycles. The summed E-state index contributed by atoms with van der Waals surface area (Å²) in [6.45, 7) is 0. The van der Waals surface area contributed by atoms with E-state index in [9.17, 15) is 0 Å². The first kappa shape index (κ1) is 31.6. The summed E-state index contributed by atoms with van der Waals surface area (Å²) in [6.07, 6.45) is 1.74. The maximum absolute atomic E-state index is 5.54. The van der Waals surface area contributed by atoms with E-state index in [1.807, 2.05) is 12.1 Å². The molecule has 0 bridgehead atoms. The molecule has 0 aliphatic carbocycles. The molecule has 2 nitrogen and oxygen atoms in total. The van der Waals surface area contributed by atoms with Crippen LogP contribution in [0.3, 0.4) is 0 Å². The second kappa shape index (κ2) is 13.4. The van der Waals surface area contributed by atoms with Gasteiger partial charge in [-0.2, -0.15) is 0 Å². The van der Waals surface area contributed by atoms with Crippen molar-refractivity contribution in [3.63, 3.8) is 0 Å². The van der Waals surface area contributed by atoms with Crippen molar-refractivity contribution < 1.29 is 4.42 Å². The molecule has 0 saturated carbocycles. The number of hydrogen-bond donors (Lipinski definition) is 0. The lowest BCUT2D eigenvalue weighted by Crippen LogP contribution is -2.09. The SMILES string of the molecule is c1ccc2cc(-c3ccc(N(c4ccc(-c5ccc(-c6ccc7occc7c6)cc5)cc4)c4ccc(-c5ccc6ccccc6c5)cc4)cc3)ccc2c1. The molecule has 0 amide bonds. The lowest BCUT2D eigenvalue weighted by Gasteiger charge is -2.26. The van der Waals surface area contributed by atoms with E-state index in [0.717, 1.165) is 28.0 Å². The normalized spacial score (nSPS) is 11.3. The van der Waals surface area contributed by atoms with Crippen LogP contribution in [0.1, 0.15) is 0 Å². The molecular formula is C52H35NO. The summed E-state index contributed by atoms with van der Waals surface area (Å²) in [4.78, 5) is 2.34. The molecule has 2 heteroatoms. The number of furan rings is 1. The minimum Gasteiger partial charge on any atom is -0.464 e. The monoisotopic (exact) mass is 689 g/mol. The topological polar surface area (TPSA) is 16.4 Å². The third kappa shape index (κ3) is 6.00. The van der Waals surface area contributed by atoms with Crippen LogP contribution in [-0.4, -0.2) is 0 Å². The average Bonchev–Trinajstić information content (AvgIpc) is 3.73. The molecule has 0 aliphatic rings. The van der Waals surface area contributed by atoms with Gasteiger partial charge in [-0.05, 0) is 133 Å². The van der Waals surface area contributed by atoms with E-state index in [1.165, 1.54) is 66.1 Å². The quantitative estimate of drug-likeness (QED) is 0.166. The predicted molar refractivity (Wildman–Crippen MR) is 228 cm³/mol. The van der Waals surface area contributed by atoms with Gasteiger partial charge in [-0.1, -0.05) is 140 Å². The highest BCUT2D eigenvalue weighted by Gasteiger charge is 2.14. The third-order valence-electron chi connectivity index (χ3n) is 10.5. The first-order valence-electron chi connectivity index (χ1n) is 18.4. The van der Waals surface area contributed by atoms with Crippen molar-refractivity contribution in [1.29, 1.82) is 0 Å². The van der Waals surface area contributed by atoms with Gasteiger partial charge in [0.05, 0.1) is 6.26 Å². The highest BCUT2D eigenvalue weighted by Crippen LogP contribution is 2.38. The van der Waals surface area contributed by atoms with Crippen molar-refractivity contribution in [3.8, 4) is 44.5 Å². The molecule has 254 valence electrons. The highest BCUT2D eigenvalue weighted by atomic mass is 16.3. The van der Waals surface area contributed by atoms with E-state index in [0.29, 0.717) is 0 Å². The number of rotatable bonds is 7. The Morgan fingerprint density at radius 2 is 0.593 bits per heavy atom. The van der Waals surface area contributed by atoms with E-state index in [2.05, 4.69) is 199 Å². The molecule has 0 N–H and O–H groups in total. The fourth-order valence-electron chi connectivity index (χ4n) is 7.60. The van der Waals surface area contributed by atoms with Gasteiger partial charge in [0.2, 0.25) is 0 Å². The van der Waals surface area contributed by atoms with Gasteiger partial charge in [-0.15, -0.1) is 0 Å². The van der Waals surface area contributed by atoms with Crippen LogP contribution in [0, 0.1) is 0 Å². The second-order valence-corrected chi connectivity index (χ2v) is 13.9. The number of anilines is 3. The number of fused-ring (bicyclic) bond motifs is 3. The molecule has 0 spiro atoms. The predicted octanol–water partition coefficient (Wildman–Crippen LogP) is 14.9. The number of hydrogen-bond acceptors (Lipinski definition) is 2. The van der Waals surface area contributed by atoms with Gasteiger partial charge in [0.25, 0.3) is 0 Å². The fraction of sp³-hybridized carbons (Fsp3) is 0. The van der Waals surface area contributed by atoms with Crippen LogP contribution in [0.25, 0.3) is 77.0 Å². The summed E-state index contributed by atoms with van der Waals surface area (Å²) in [5.74, 6) is 0. The Morgan fingerprint density at radius 3 is 1.04 bits per heavy atom. The van der Waals surface area contributed by atoms with E-state index in [4.69, 9.17) is 4.42 Å². The van der Waals surface area contributed by atoms with Gasteiger partial charge < -0.3 is 9.32 Å². The lowest BCUT2D eigenvalue weighted by atomic mass is 9.99. The minimum atomic E-state index is 0.909. The van der Waals surface area contributed by atoms with E-state index >= 15 is 0 Å². The smallest absolute Gasteiger partial charge is 0.133 e. The molecule has 10 aromatic rings. The standard InChI is InChI=1S/C52H35NO/c1-3-7-43-33-45(15-13-36(43)5-1)41-19-26-50(27-20-41)53(51-28-21-42(22-29-51)46-16-14-37-6-2-4-8-44(37)34-46)49-24-17-39(18-25-49)38-9-11-40(12-10-38)47-23-30-52-48(35-47)31-32-54-52/h1-35H. The van der Waals surface area contributed by atoms with Crippen LogP contribution in [-0.2, 0) is 0 Å². The van der Waals surface area contributed by atoms with E-state index in [1.54, 1.807) is 6.26 Å². The molecule has 1 aromatic heterocycles. The molecule has 54 heavy (non-hydrogen) atoms. The van der Waals surface area contributed by atoms with Gasteiger partial charge in [-0.25, -0.2) is 0 Å². The van der Waals surface area contributed by atoms with Crippen LogP contribution in [0.5, 0.6) is 0 Å². The summed E-state index contributed by atoms with van der Waals surface area (Å²) in [6, 6.07) is 74.4. The molecule has 0 aliphatic heterocycles. The van der Waals surface area contributed by atoms with Crippen molar-refractivity contribution in [2.45, 2.75) is 0 Å². The van der Waals surface area contributed by atoms with Crippen LogP contribution in [0.15, 0.2) is 217 Å². The second-order valence-electron chi connectivity index (χ2n) is 13.9. The molecule has 0 unspecified atom stereocenters. The minimum absolute atomic E-state index is 0.909. The number of nitrogens with zero attached hydrogens (tertiary/aromatic N) is 1. The van der Waals surface area contributed by atoms with Crippen molar-refractivity contribution in [2.75, 3.05) is 4.90 Å². The van der Waals surface area contributed by atoms with Crippen LogP contribution < -0.4 is 4.90 Å². The zero-order valence-electron chi connectivity index (χ0n) is 29.6. The van der Waals surface area contributed by atoms with Gasteiger partial charge >= 0.3 is 0 Å². The van der Waals surface area contributed by atoms with Gasteiger partial charge in [0.1, 0.15) is 5.58 Å². The molecular weight excluding hydrogens is 655 g/mol. The molecule has 0 atom stereocenters. The van der Waals surface area contributed by atoms with Crippen molar-refractivity contribution in [1.82, 2.24) is 0 Å². The molecule has 0 fully saturated rings. The van der Waals surface area contributed by atoms with Gasteiger partial charge in [-0.3, -0.25) is 0 Å². The maximum Gasteiger partial charge on any atom is 0.133 e. The average molecular weight is 690 g/mol. The summed E-state index contributed by atoms with van der Waals surface area (Å²) in [5.41, 5.74) is 13.7. The van der Waals surface area contributed by atoms with E-state index < -0.39 is 0 Å². The summed E-state index contributed by atoms with van der Waals surface area (Å²) < 4.78 is 5.54. The Kier molecular flexibility index (Phi) is 7.85. The van der Waals surface area contributed by atoms with Crippen molar-refractivity contribution >= 4 is 49.6 Å². The molecule has 10 rings (SSSR count). The Bertz CT molecular complexity index is 2780. The molecule has 1 heterocycles. The Morgan fingerprint density at radius 1 is 0.259 bits per heavy atom. The Labute approximate surface area is 314 Å². The third-order valence-corrected chi connectivity index (χ3v) is 10.5. The lowest BCUT2D eigenvalue weighted by molar-refractivity contribution is 0.616.